The lowest BCUT2D eigenvalue weighted by atomic mass is 9.90. The Morgan fingerprint density at radius 3 is 2.43 bits per heavy atom. The Morgan fingerprint density at radius 2 is 1.79 bits per heavy atom. The van der Waals surface area contributed by atoms with Gasteiger partial charge in [0.25, 0.3) is 0 Å². The van der Waals surface area contributed by atoms with Crippen LogP contribution in [0.4, 0.5) is 0 Å². The summed E-state index contributed by atoms with van der Waals surface area (Å²) in [6.07, 6.45) is -5.53. The lowest BCUT2D eigenvalue weighted by Crippen LogP contribution is -2.54. The molecule has 3 N–H and O–H groups in total. The summed E-state index contributed by atoms with van der Waals surface area (Å²) in [5, 5.41) is 30.7. The number of rotatable bonds is 6. The molecule has 0 unspecified atom stereocenters. The third-order valence-electron chi connectivity index (χ3n) is 4.81. The smallest absolute Gasteiger partial charge is 0.151 e. The third-order valence-corrected chi connectivity index (χ3v) is 5.18. The van der Waals surface area contributed by atoms with E-state index in [9.17, 15) is 20.1 Å². The zero-order chi connectivity index (χ0) is 20.3. The van der Waals surface area contributed by atoms with Gasteiger partial charge < -0.3 is 29.6 Å². The van der Waals surface area contributed by atoms with Crippen LogP contribution >= 0.6 is 11.6 Å². The van der Waals surface area contributed by atoms with Crippen LogP contribution in [0.1, 0.15) is 29.7 Å². The molecule has 1 saturated heterocycles. The fourth-order valence-electron chi connectivity index (χ4n) is 3.29. The molecule has 0 amide bonds. The van der Waals surface area contributed by atoms with Crippen molar-refractivity contribution in [3.05, 3.63) is 64.2 Å². The zero-order valence-electron chi connectivity index (χ0n) is 15.4. The number of hydrogen-bond donors (Lipinski definition) is 3. The maximum Gasteiger partial charge on any atom is 0.151 e. The number of aliphatic hydroxyl groups is 3. The van der Waals surface area contributed by atoms with Crippen molar-refractivity contribution in [1.29, 1.82) is 0 Å². The van der Waals surface area contributed by atoms with Gasteiger partial charge in [-0.25, -0.2) is 0 Å². The molecule has 5 atom stereocenters. The maximum atomic E-state index is 11.1. The molecule has 1 heterocycles. The van der Waals surface area contributed by atoms with Crippen molar-refractivity contribution >= 4 is 17.9 Å². The number of carbonyl (C=O) groups is 1. The summed E-state index contributed by atoms with van der Waals surface area (Å²) in [7, 11) is 0. The Labute approximate surface area is 168 Å². The number of aldehydes is 1. The molecule has 0 aliphatic carbocycles. The minimum absolute atomic E-state index is 0.420. The Morgan fingerprint density at radius 1 is 1.07 bits per heavy atom. The second-order valence-corrected chi connectivity index (χ2v) is 7.14. The Hall–Kier alpha value is -1.96. The Kier molecular flexibility index (Phi) is 6.69. The molecule has 2 aromatic rings. The number of hydrogen-bond acceptors (Lipinski definition) is 6. The van der Waals surface area contributed by atoms with Gasteiger partial charge in [-0.2, -0.15) is 0 Å². The molecule has 0 aromatic heterocycles. The van der Waals surface area contributed by atoms with Gasteiger partial charge in [0, 0.05) is 5.02 Å². The fraction of sp³-hybridized carbons (Fsp3) is 0.381. The molecule has 6 nitrogen and oxygen atoms in total. The molecule has 0 radical (unpaired) electrons. The summed E-state index contributed by atoms with van der Waals surface area (Å²) >= 11 is 6.34. The number of benzene rings is 2. The van der Waals surface area contributed by atoms with E-state index in [1.54, 1.807) is 18.2 Å². The molecule has 0 saturated carbocycles. The van der Waals surface area contributed by atoms with E-state index < -0.39 is 30.5 Å². The quantitative estimate of drug-likeness (QED) is 0.635. The zero-order valence-corrected chi connectivity index (χ0v) is 16.1. The molecule has 0 bridgehead atoms. The summed E-state index contributed by atoms with van der Waals surface area (Å²) in [5.74, 6) is 0.789. The Bertz CT molecular complexity index is 809. The molecule has 1 aliphatic rings. The van der Waals surface area contributed by atoms with Gasteiger partial charge in [-0.3, -0.25) is 0 Å². The highest BCUT2D eigenvalue weighted by atomic mass is 35.5. The normalized spacial score (nSPS) is 27.4. The van der Waals surface area contributed by atoms with E-state index in [0.717, 1.165) is 16.9 Å². The monoisotopic (exact) mass is 406 g/mol. The van der Waals surface area contributed by atoms with Gasteiger partial charge in [0.05, 0.1) is 6.61 Å². The van der Waals surface area contributed by atoms with Crippen LogP contribution in [-0.2, 0) is 16.0 Å². The molecule has 28 heavy (non-hydrogen) atoms. The average Bonchev–Trinajstić information content (AvgIpc) is 2.70. The number of carbonyl (C=O) groups excluding carboxylic acids is 1. The minimum Gasteiger partial charge on any atom is -0.494 e. The minimum atomic E-state index is -1.49. The summed E-state index contributed by atoms with van der Waals surface area (Å²) in [6.45, 7) is 2.52. The van der Waals surface area contributed by atoms with Crippen molar-refractivity contribution in [3.8, 4) is 5.75 Å². The van der Waals surface area contributed by atoms with Crippen LogP contribution in [0, 0.1) is 0 Å². The van der Waals surface area contributed by atoms with Gasteiger partial charge in [0.15, 0.2) is 6.29 Å². The number of aliphatic hydroxyl groups excluding tert-OH is 3. The second-order valence-electron chi connectivity index (χ2n) is 6.73. The van der Waals surface area contributed by atoms with Crippen LogP contribution in [-0.4, -0.2) is 52.6 Å². The largest absolute Gasteiger partial charge is 0.494 e. The van der Waals surface area contributed by atoms with Crippen molar-refractivity contribution < 1.29 is 29.6 Å². The molecule has 1 fully saturated rings. The van der Waals surface area contributed by atoms with Crippen molar-refractivity contribution in [2.75, 3.05) is 6.61 Å². The van der Waals surface area contributed by atoms with Gasteiger partial charge in [-0.05, 0) is 48.2 Å². The van der Waals surface area contributed by atoms with Crippen molar-refractivity contribution in [3.63, 3.8) is 0 Å². The maximum absolute atomic E-state index is 11.1. The van der Waals surface area contributed by atoms with Crippen molar-refractivity contribution in [2.45, 2.75) is 43.9 Å². The first-order valence-electron chi connectivity index (χ1n) is 9.09. The van der Waals surface area contributed by atoms with Gasteiger partial charge in [0.1, 0.15) is 36.3 Å². The van der Waals surface area contributed by atoms with Gasteiger partial charge in [0.2, 0.25) is 0 Å². The highest BCUT2D eigenvalue weighted by Gasteiger charge is 2.44. The van der Waals surface area contributed by atoms with Crippen LogP contribution < -0.4 is 4.74 Å². The van der Waals surface area contributed by atoms with Crippen molar-refractivity contribution in [2.24, 2.45) is 0 Å². The number of ether oxygens (including phenoxy) is 2. The highest BCUT2D eigenvalue weighted by Crippen LogP contribution is 2.34. The fourth-order valence-corrected chi connectivity index (χ4v) is 3.48. The predicted octanol–water partition coefficient (Wildman–Crippen LogP) is 2.05. The van der Waals surface area contributed by atoms with Gasteiger partial charge in [-0.1, -0.05) is 35.9 Å². The van der Waals surface area contributed by atoms with Crippen LogP contribution in [0.5, 0.6) is 5.75 Å². The standard InChI is InChI=1S/C21H23ClO6/c1-2-27-15-6-3-12(4-7-15)9-14-10-13(5-8-16(14)22)21-20(26)19(25)18(24)17(11-23)28-21/h3-8,10-11,17-21,24-26H,2,9H2,1H3/t17-,18-,19+,20-,21+/m1/s1. The Balaban J connectivity index is 1.83. The highest BCUT2D eigenvalue weighted by molar-refractivity contribution is 6.31. The third kappa shape index (κ3) is 4.37. The van der Waals surface area contributed by atoms with Crippen LogP contribution in [0.15, 0.2) is 42.5 Å². The lowest BCUT2D eigenvalue weighted by molar-refractivity contribution is -0.217. The van der Waals surface area contributed by atoms with Crippen LogP contribution in [0.2, 0.25) is 5.02 Å². The topological polar surface area (TPSA) is 96.2 Å². The molecule has 3 rings (SSSR count). The van der Waals surface area contributed by atoms with Crippen molar-refractivity contribution in [1.82, 2.24) is 0 Å². The lowest BCUT2D eigenvalue weighted by Gasteiger charge is -2.39. The molecule has 1 aliphatic heterocycles. The summed E-state index contributed by atoms with van der Waals surface area (Å²) in [5.41, 5.74) is 2.40. The molecular weight excluding hydrogens is 384 g/mol. The van der Waals surface area contributed by atoms with E-state index in [1.807, 2.05) is 31.2 Å². The second kappa shape index (κ2) is 9.03. The van der Waals surface area contributed by atoms with E-state index in [2.05, 4.69) is 0 Å². The summed E-state index contributed by atoms with van der Waals surface area (Å²) in [4.78, 5) is 11.1. The SMILES string of the molecule is CCOc1ccc(Cc2cc([C@@H]3O[C@H](C=O)[C@@H](O)[C@H](O)[C@H]3O)ccc2Cl)cc1. The molecule has 7 heteroatoms. The summed E-state index contributed by atoms with van der Waals surface area (Å²) < 4.78 is 11.0. The van der Waals surface area contributed by atoms with E-state index in [0.29, 0.717) is 29.9 Å². The molecule has 2 aromatic carbocycles. The first kappa shape index (κ1) is 20.8. The van der Waals surface area contributed by atoms with E-state index in [-0.39, 0.29) is 0 Å². The molecule has 0 spiro atoms. The molecule has 150 valence electrons. The van der Waals surface area contributed by atoms with E-state index in [4.69, 9.17) is 21.1 Å². The van der Waals surface area contributed by atoms with Crippen LogP contribution in [0.3, 0.4) is 0 Å². The van der Waals surface area contributed by atoms with E-state index in [1.165, 1.54) is 0 Å². The summed E-state index contributed by atoms with van der Waals surface area (Å²) in [6, 6.07) is 12.8. The van der Waals surface area contributed by atoms with Crippen LogP contribution in [0.25, 0.3) is 0 Å². The predicted molar refractivity (Wildman–Crippen MR) is 104 cm³/mol. The first-order chi connectivity index (χ1) is 13.4. The number of halogens is 1. The van der Waals surface area contributed by atoms with Gasteiger partial charge in [-0.15, -0.1) is 0 Å². The van der Waals surface area contributed by atoms with Gasteiger partial charge >= 0.3 is 0 Å². The van der Waals surface area contributed by atoms with E-state index >= 15 is 0 Å². The average molecular weight is 407 g/mol. The first-order valence-corrected chi connectivity index (χ1v) is 9.47. The molecular formula is C21H23ClO6.